The minimum Gasteiger partial charge on any atom is -0.337 e. The average Bonchev–Trinajstić information content (AvgIpc) is 3.03. The molecule has 0 aliphatic carbocycles. The van der Waals surface area contributed by atoms with E-state index in [1.165, 1.54) is 0 Å². The number of likely N-dealkylation sites (N-methyl/N-ethyl adjacent to an activating group) is 1. The van der Waals surface area contributed by atoms with Crippen LogP contribution in [0, 0.1) is 0 Å². The Balaban J connectivity index is 1.69. The number of hydrogen-bond acceptors (Lipinski definition) is 4. The number of nitrogens with zero attached hydrogens (tertiary/aromatic N) is 4. The van der Waals surface area contributed by atoms with Gasteiger partial charge in [-0.05, 0) is 39.2 Å². The second-order valence-electron chi connectivity index (χ2n) is 6.16. The molecule has 0 saturated carbocycles. The smallest absolute Gasteiger partial charge is 0.242 e. The zero-order chi connectivity index (χ0) is 14.2. The summed E-state index contributed by atoms with van der Waals surface area (Å²) in [4.78, 5) is 14.4. The molecule has 1 fully saturated rings. The van der Waals surface area contributed by atoms with Crippen molar-refractivity contribution in [3.05, 3.63) is 11.6 Å². The van der Waals surface area contributed by atoms with Gasteiger partial charge in [0, 0.05) is 20.0 Å². The molecule has 1 amide bonds. The summed E-state index contributed by atoms with van der Waals surface area (Å²) in [5.74, 6) is 2.13. The van der Waals surface area contributed by atoms with Crippen LogP contribution in [-0.4, -0.2) is 44.7 Å². The Morgan fingerprint density at radius 2 is 2.25 bits per heavy atom. The lowest BCUT2D eigenvalue weighted by Crippen LogP contribution is -2.57. The standard InChI is InChI=1S/C14H23N5O/c1-14(7-3-4-8-15-14)13(20)18(2)10-12-17-16-11-6-5-9-19(11)12/h15H,3-10H2,1-2H3. The maximum Gasteiger partial charge on any atom is 0.242 e. The van der Waals surface area contributed by atoms with Crippen molar-refractivity contribution in [1.82, 2.24) is 25.0 Å². The van der Waals surface area contributed by atoms with Crippen LogP contribution in [0.25, 0.3) is 0 Å². The van der Waals surface area contributed by atoms with Gasteiger partial charge >= 0.3 is 0 Å². The molecule has 3 heterocycles. The molecule has 20 heavy (non-hydrogen) atoms. The molecule has 1 saturated heterocycles. The van der Waals surface area contributed by atoms with Crippen LogP contribution in [0.5, 0.6) is 0 Å². The molecule has 6 nitrogen and oxygen atoms in total. The minimum absolute atomic E-state index is 0.160. The molecule has 1 aromatic heterocycles. The van der Waals surface area contributed by atoms with Crippen molar-refractivity contribution >= 4 is 5.91 Å². The van der Waals surface area contributed by atoms with Gasteiger partial charge in [-0.25, -0.2) is 0 Å². The van der Waals surface area contributed by atoms with Gasteiger partial charge in [0.1, 0.15) is 5.82 Å². The molecule has 1 atom stereocenters. The number of rotatable bonds is 3. The summed E-state index contributed by atoms with van der Waals surface area (Å²) in [5.41, 5.74) is -0.416. The lowest BCUT2D eigenvalue weighted by molar-refractivity contribution is -0.138. The maximum atomic E-state index is 12.7. The first kappa shape index (κ1) is 13.5. The Hall–Kier alpha value is -1.43. The van der Waals surface area contributed by atoms with Crippen molar-refractivity contribution in [1.29, 1.82) is 0 Å². The monoisotopic (exact) mass is 277 g/mol. The molecular formula is C14H23N5O. The van der Waals surface area contributed by atoms with Crippen LogP contribution in [0.15, 0.2) is 0 Å². The molecule has 110 valence electrons. The van der Waals surface area contributed by atoms with E-state index in [0.29, 0.717) is 6.54 Å². The highest BCUT2D eigenvalue weighted by Crippen LogP contribution is 2.22. The SMILES string of the molecule is CN(Cc1nnc2n1CCC2)C(=O)C1(C)CCCCN1. The van der Waals surface area contributed by atoms with Crippen molar-refractivity contribution in [3.8, 4) is 0 Å². The number of nitrogens with one attached hydrogen (secondary N) is 1. The van der Waals surface area contributed by atoms with Gasteiger partial charge in [0.15, 0.2) is 5.82 Å². The van der Waals surface area contributed by atoms with Crippen LogP contribution in [0.1, 0.15) is 44.3 Å². The molecule has 2 aliphatic heterocycles. The van der Waals surface area contributed by atoms with E-state index in [4.69, 9.17) is 0 Å². The van der Waals surface area contributed by atoms with Gasteiger partial charge in [0.05, 0.1) is 12.1 Å². The first-order valence-electron chi connectivity index (χ1n) is 7.52. The number of fused-ring (bicyclic) bond motifs is 1. The maximum absolute atomic E-state index is 12.7. The summed E-state index contributed by atoms with van der Waals surface area (Å²) in [5, 5.41) is 11.8. The van der Waals surface area contributed by atoms with Crippen LogP contribution in [0.2, 0.25) is 0 Å². The Morgan fingerprint density at radius 3 is 3.00 bits per heavy atom. The predicted octanol–water partition coefficient (Wildman–Crippen LogP) is 0.715. The third-order valence-electron chi connectivity index (χ3n) is 4.50. The third kappa shape index (κ3) is 2.32. The van der Waals surface area contributed by atoms with Gasteiger partial charge < -0.3 is 14.8 Å². The zero-order valence-electron chi connectivity index (χ0n) is 12.4. The second-order valence-corrected chi connectivity index (χ2v) is 6.16. The van der Waals surface area contributed by atoms with Crippen molar-refractivity contribution in [3.63, 3.8) is 0 Å². The van der Waals surface area contributed by atoms with E-state index in [9.17, 15) is 4.79 Å². The molecule has 3 rings (SSSR count). The number of carbonyl (C=O) groups excluding carboxylic acids is 1. The lowest BCUT2D eigenvalue weighted by atomic mass is 9.89. The zero-order valence-corrected chi connectivity index (χ0v) is 12.4. The number of aryl methyl sites for hydroxylation is 1. The van der Waals surface area contributed by atoms with Crippen molar-refractivity contribution in [2.24, 2.45) is 0 Å². The van der Waals surface area contributed by atoms with Gasteiger partial charge in [0.25, 0.3) is 0 Å². The first-order chi connectivity index (χ1) is 9.60. The van der Waals surface area contributed by atoms with Gasteiger partial charge in [-0.3, -0.25) is 4.79 Å². The Bertz CT molecular complexity index is 504. The van der Waals surface area contributed by atoms with E-state index in [1.54, 1.807) is 4.90 Å². The number of carbonyl (C=O) groups is 1. The van der Waals surface area contributed by atoms with Crippen LogP contribution in [0.4, 0.5) is 0 Å². The Kier molecular flexibility index (Phi) is 3.50. The van der Waals surface area contributed by atoms with Crippen LogP contribution < -0.4 is 5.32 Å². The van der Waals surface area contributed by atoms with Gasteiger partial charge in [-0.1, -0.05) is 0 Å². The molecule has 2 aliphatic rings. The van der Waals surface area contributed by atoms with Crippen molar-refractivity contribution in [2.45, 2.75) is 57.7 Å². The highest BCUT2D eigenvalue weighted by Gasteiger charge is 2.36. The summed E-state index contributed by atoms with van der Waals surface area (Å²) in [7, 11) is 1.86. The molecule has 0 radical (unpaired) electrons. The summed E-state index contributed by atoms with van der Waals surface area (Å²) in [6.07, 6.45) is 5.32. The number of amides is 1. The molecular weight excluding hydrogens is 254 g/mol. The van der Waals surface area contributed by atoms with Crippen LogP contribution in [0.3, 0.4) is 0 Å². The summed E-state index contributed by atoms with van der Waals surface area (Å²) >= 11 is 0. The fourth-order valence-corrected chi connectivity index (χ4v) is 3.27. The van der Waals surface area contributed by atoms with Gasteiger partial charge in [-0.15, -0.1) is 10.2 Å². The lowest BCUT2D eigenvalue weighted by Gasteiger charge is -2.36. The van der Waals surface area contributed by atoms with Crippen LogP contribution >= 0.6 is 0 Å². The average molecular weight is 277 g/mol. The molecule has 0 aromatic carbocycles. The molecule has 6 heteroatoms. The van der Waals surface area contributed by atoms with E-state index >= 15 is 0 Å². The molecule has 0 bridgehead atoms. The molecule has 0 spiro atoms. The summed E-state index contributed by atoms with van der Waals surface area (Å²) in [6.45, 7) is 4.47. The Morgan fingerprint density at radius 1 is 1.40 bits per heavy atom. The fourth-order valence-electron chi connectivity index (χ4n) is 3.27. The van der Waals surface area contributed by atoms with E-state index in [1.807, 2.05) is 14.0 Å². The fraction of sp³-hybridized carbons (Fsp3) is 0.786. The van der Waals surface area contributed by atoms with E-state index in [2.05, 4.69) is 20.1 Å². The van der Waals surface area contributed by atoms with Gasteiger partial charge in [-0.2, -0.15) is 0 Å². The summed E-state index contributed by atoms with van der Waals surface area (Å²) in [6, 6.07) is 0. The number of aromatic nitrogens is 3. The Labute approximate surface area is 119 Å². The largest absolute Gasteiger partial charge is 0.337 e. The van der Waals surface area contributed by atoms with E-state index in [-0.39, 0.29) is 5.91 Å². The third-order valence-corrected chi connectivity index (χ3v) is 4.50. The predicted molar refractivity (Wildman–Crippen MR) is 75.1 cm³/mol. The summed E-state index contributed by atoms with van der Waals surface area (Å²) < 4.78 is 2.15. The topological polar surface area (TPSA) is 63.1 Å². The molecule has 1 unspecified atom stereocenters. The quantitative estimate of drug-likeness (QED) is 0.884. The van der Waals surface area contributed by atoms with Crippen LogP contribution in [-0.2, 0) is 24.3 Å². The first-order valence-corrected chi connectivity index (χ1v) is 7.52. The van der Waals surface area contributed by atoms with E-state index < -0.39 is 5.54 Å². The van der Waals surface area contributed by atoms with E-state index in [0.717, 1.165) is 56.8 Å². The second kappa shape index (κ2) is 5.16. The van der Waals surface area contributed by atoms with Gasteiger partial charge in [0.2, 0.25) is 5.91 Å². The number of hydrogen-bond donors (Lipinski definition) is 1. The van der Waals surface area contributed by atoms with Crippen molar-refractivity contribution < 1.29 is 4.79 Å². The number of piperidine rings is 1. The molecule has 1 N–H and O–H groups in total. The minimum atomic E-state index is -0.416. The highest BCUT2D eigenvalue weighted by atomic mass is 16.2. The van der Waals surface area contributed by atoms with Crippen molar-refractivity contribution in [2.75, 3.05) is 13.6 Å². The normalized spacial score (nSPS) is 25.5. The molecule has 1 aromatic rings. The highest BCUT2D eigenvalue weighted by molar-refractivity contribution is 5.85.